The Morgan fingerprint density at radius 2 is 1.86 bits per heavy atom. The lowest BCUT2D eigenvalue weighted by molar-refractivity contribution is 0.0303. The van der Waals surface area contributed by atoms with E-state index in [4.69, 9.17) is 10.5 Å². The van der Waals surface area contributed by atoms with Crippen molar-refractivity contribution in [2.24, 2.45) is 0 Å². The molecule has 8 heteroatoms. The number of nitrogen functional groups attached to an aromatic ring is 1. The third kappa shape index (κ3) is 2.94. The van der Waals surface area contributed by atoms with Crippen LogP contribution in [-0.4, -0.2) is 52.1 Å². The molecule has 1 aliphatic rings. The Kier molecular flexibility index (Phi) is 4.06. The highest BCUT2D eigenvalue weighted by Crippen LogP contribution is 2.30. The lowest BCUT2D eigenvalue weighted by atomic mass is 10.1. The first-order valence-corrected chi connectivity index (χ1v) is 9.39. The highest BCUT2D eigenvalue weighted by Gasteiger charge is 2.20. The largest absolute Gasteiger partial charge is 0.396 e. The third-order valence-electron chi connectivity index (χ3n) is 5.22. The maximum atomic E-state index is 12.8. The molecule has 2 aromatic carbocycles. The molecule has 5 rings (SSSR count). The van der Waals surface area contributed by atoms with Gasteiger partial charge in [0, 0.05) is 29.6 Å². The van der Waals surface area contributed by atoms with E-state index in [1.807, 2.05) is 24.3 Å². The minimum atomic E-state index is -0.344. The first-order valence-electron chi connectivity index (χ1n) is 9.39. The number of nitrogens with two attached hydrogens (primary N) is 1. The first-order chi connectivity index (χ1) is 14.1. The normalized spacial score (nSPS) is 14.6. The van der Waals surface area contributed by atoms with Crippen LogP contribution in [-0.2, 0) is 4.74 Å². The van der Waals surface area contributed by atoms with Crippen LogP contribution in [0.3, 0.4) is 0 Å². The summed E-state index contributed by atoms with van der Waals surface area (Å²) in [6.07, 6.45) is 0. The lowest BCUT2D eigenvalue weighted by Gasteiger charge is -2.26. The number of benzene rings is 2. The number of ether oxygens (including phenoxy) is 1. The molecule has 0 spiro atoms. The number of amides is 1. The zero-order valence-corrected chi connectivity index (χ0v) is 15.6. The van der Waals surface area contributed by atoms with Gasteiger partial charge in [0.05, 0.1) is 35.6 Å². The van der Waals surface area contributed by atoms with E-state index in [2.05, 4.69) is 15.0 Å². The Morgan fingerprint density at radius 3 is 2.66 bits per heavy atom. The topological polar surface area (TPSA) is 117 Å². The van der Waals surface area contributed by atoms with Gasteiger partial charge in [-0.2, -0.15) is 0 Å². The van der Waals surface area contributed by atoms with Gasteiger partial charge in [-0.3, -0.25) is 9.59 Å². The molecule has 0 saturated carbocycles. The van der Waals surface area contributed by atoms with Crippen LogP contribution >= 0.6 is 0 Å². The summed E-state index contributed by atoms with van der Waals surface area (Å²) in [5, 5.41) is 0.833. The smallest absolute Gasteiger partial charge is 0.276 e. The minimum Gasteiger partial charge on any atom is -0.396 e. The molecule has 1 amide bonds. The molecule has 29 heavy (non-hydrogen) atoms. The number of carbonyl (C=O) groups is 1. The van der Waals surface area contributed by atoms with Gasteiger partial charge in [0.2, 0.25) is 0 Å². The highest BCUT2D eigenvalue weighted by atomic mass is 16.5. The molecule has 0 atom stereocenters. The molecule has 4 aromatic rings. The second-order valence-corrected chi connectivity index (χ2v) is 7.01. The van der Waals surface area contributed by atoms with E-state index in [0.29, 0.717) is 54.3 Å². The van der Waals surface area contributed by atoms with Crippen LogP contribution in [0.4, 0.5) is 5.69 Å². The van der Waals surface area contributed by atoms with Crippen molar-refractivity contribution in [3.8, 4) is 11.4 Å². The van der Waals surface area contributed by atoms with Gasteiger partial charge in [-0.05, 0) is 24.3 Å². The molecule has 0 radical (unpaired) electrons. The monoisotopic (exact) mass is 389 g/mol. The first kappa shape index (κ1) is 17.4. The fourth-order valence-corrected chi connectivity index (χ4v) is 3.68. The third-order valence-corrected chi connectivity index (χ3v) is 5.22. The van der Waals surface area contributed by atoms with E-state index < -0.39 is 0 Å². The van der Waals surface area contributed by atoms with E-state index in [1.165, 1.54) is 0 Å². The highest BCUT2D eigenvalue weighted by molar-refractivity contribution is 6.00. The average molecular weight is 389 g/mol. The van der Waals surface area contributed by atoms with E-state index in [9.17, 15) is 9.59 Å². The number of carbonyl (C=O) groups excluding carboxylic acids is 1. The number of fused-ring (bicyclic) bond motifs is 2. The summed E-state index contributed by atoms with van der Waals surface area (Å²) in [4.78, 5) is 37.7. The molecule has 0 aliphatic carbocycles. The summed E-state index contributed by atoms with van der Waals surface area (Å²) in [5.74, 6) is -0.0742. The van der Waals surface area contributed by atoms with Gasteiger partial charge < -0.3 is 25.3 Å². The second kappa shape index (κ2) is 6.75. The maximum Gasteiger partial charge on any atom is 0.276 e. The van der Waals surface area contributed by atoms with Crippen molar-refractivity contribution in [3.05, 3.63) is 58.4 Å². The SMILES string of the molecule is Nc1c(-c2nc3cc(C(=O)N4CCOCC4)ccc3[nH]c2=O)[nH]c2ccccc12. The molecule has 1 fully saturated rings. The van der Waals surface area contributed by atoms with Gasteiger partial charge in [-0.15, -0.1) is 0 Å². The summed E-state index contributed by atoms with van der Waals surface area (Å²) in [6, 6.07) is 12.7. The molecule has 1 aliphatic heterocycles. The Balaban J connectivity index is 1.61. The summed E-state index contributed by atoms with van der Waals surface area (Å²) >= 11 is 0. The molecule has 8 nitrogen and oxygen atoms in total. The molecule has 3 heterocycles. The van der Waals surface area contributed by atoms with Gasteiger partial charge in [-0.1, -0.05) is 18.2 Å². The van der Waals surface area contributed by atoms with Crippen molar-refractivity contribution in [3.63, 3.8) is 0 Å². The predicted octanol–water partition coefficient (Wildman–Crippen LogP) is 2.13. The quantitative estimate of drug-likeness (QED) is 0.485. The molecular weight excluding hydrogens is 370 g/mol. The van der Waals surface area contributed by atoms with E-state index in [-0.39, 0.29) is 17.2 Å². The summed E-state index contributed by atoms with van der Waals surface area (Å²) in [5.41, 5.74) is 9.50. The van der Waals surface area contributed by atoms with Crippen LogP contribution in [0, 0.1) is 0 Å². The Labute approximate surface area is 165 Å². The Morgan fingerprint density at radius 1 is 1.07 bits per heavy atom. The second-order valence-electron chi connectivity index (χ2n) is 7.01. The number of nitrogens with one attached hydrogen (secondary N) is 2. The van der Waals surface area contributed by atoms with Crippen molar-refractivity contribution in [1.29, 1.82) is 0 Å². The van der Waals surface area contributed by atoms with Crippen LogP contribution in [0.1, 0.15) is 10.4 Å². The Hall–Kier alpha value is -3.65. The molecule has 0 unspecified atom stereocenters. The van der Waals surface area contributed by atoms with Gasteiger partial charge in [0.15, 0.2) is 5.69 Å². The van der Waals surface area contributed by atoms with E-state index in [1.54, 1.807) is 23.1 Å². The van der Waals surface area contributed by atoms with Crippen LogP contribution in [0.5, 0.6) is 0 Å². The number of morpholine rings is 1. The predicted molar refractivity (Wildman–Crippen MR) is 111 cm³/mol. The van der Waals surface area contributed by atoms with Crippen LogP contribution in [0.15, 0.2) is 47.3 Å². The van der Waals surface area contributed by atoms with Gasteiger partial charge >= 0.3 is 0 Å². The summed E-state index contributed by atoms with van der Waals surface area (Å²) in [6.45, 7) is 2.20. The molecule has 4 N–H and O–H groups in total. The fraction of sp³-hybridized carbons (Fsp3) is 0.190. The number of nitrogens with zero attached hydrogens (tertiary/aromatic N) is 2. The van der Waals surface area contributed by atoms with E-state index in [0.717, 1.165) is 10.9 Å². The number of hydrogen-bond donors (Lipinski definition) is 3. The number of hydrogen-bond acceptors (Lipinski definition) is 5. The van der Waals surface area contributed by atoms with Crippen molar-refractivity contribution in [1.82, 2.24) is 19.9 Å². The fourth-order valence-electron chi connectivity index (χ4n) is 3.68. The molecular formula is C21H19N5O3. The van der Waals surface area contributed by atoms with Crippen molar-refractivity contribution >= 4 is 33.5 Å². The van der Waals surface area contributed by atoms with E-state index >= 15 is 0 Å². The van der Waals surface area contributed by atoms with Crippen LogP contribution in [0.2, 0.25) is 0 Å². The number of H-pyrrole nitrogens is 2. The summed E-state index contributed by atoms with van der Waals surface area (Å²) in [7, 11) is 0. The zero-order chi connectivity index (χ0) is 20.0. The van der Waals surface area contributed by atoms with Gasteiger partial charge in [0.25, 0.3) is 11.5 Å². The molecule has 1 saturated heterocycles. The Bertz CT molecular complexity index is 1300. The van der Waals surface area contributed by atoms with Gasteiger partial charge in [-0.25, -0.2) is 4.98 Å². The number of anilines is 1. The zero-order valence-electron chi connectivity index (χ0n) is 15.6. The number of para-hydroxylation sites is 1. The van der Waals surface area contributed by atoms with Crippen molar-refractivity contribution in [2.45, 2.75) is 0 Å². The van der Waals surface area contributed by atoms with Gasteiger partial charge in [0.1, 0.15) is 0 Å². The van der Waals surface area contributed by atoms with Crippen LogP contribution < -0.4 is 11.3 Å². The van der Waals surface area contributed by atoms with Crippen LogP contribution in [0.25, 0.3) is 33.3 Å². The maximum absolute atomic E-state index is 12.8. The standard InChI is InChI=1S/C21H19N5O3/c22-17-13-3-1-2-4-14(13)23-18(17)19-20(27)25-15-6-5-12(11-16(15)24-19)21(28)26-7-9-29-10-8-26/h1-6,11,23H,7-10,22H2,(H,25,27). The van der Waals surface area contributed by atoms with Crippen molar-refractivity contribution < 1.29 is 9.53 Å². The molecule has 2 aromatic heterocycles. The number of aromatic amines is 2. The lowest BCUT2D eigenvalue weighted by Crippen LogP contribution is -2.40. The van der Waals surface area contributed by atoms with Crippen molar-refractivity contribution in [2.75, 3.05) is 32.0 Å². The number of aromatic nitrogens is 3. The molecule has 0 bridgehead atoms. The minimum absolute atomic E-state index is 0.0742. The molecule has 146 valence electrons. The number of rotatable bonds is 2. The average Bonchev–Trinajstić information content (AvgIpc) is 3.09. The summed E-state index contributed by atoms with van der Waals surface area (Å²) < 4.78 is 5.31.